The Labute approximate surface area is 182 Å². The molecule has 0 bridgehead atoms. The average Bonchev–Trinajstić information content (AvgIpc) is 3.01. The van der Waals surface area contributed by atoms with Crippen molar-refractivity contribution in [2.45, 2.75) is 44.7 Å². The Morgan fingerprint density at radius 1 is 1.10 bits per heavy atom. The van der Waals surface area contributed by atoms with Gasteiger partial charge in [0.15, 0.2) is 0 Å². The highest BCUT2D eigenvalue weighted by Crippen LogP contribution is 2.38. The maximum atomic E-state index is 13.1. The Hall–Kier alpha value is -3.35. The molecule has 31 heavy (non-hydrogen) atoms. The highest BCUT2D eigenvalue weighted by molar-refractivity contribution is 6.09. The largest absolute Gasteiger partial charge is 0.325 e. The number of urea groups is 1. The molecule has 1 heterocycles. The highest BCUT2D eigenvalue weighted by Gasteiger charge is 2.55. The van der Waals surface area contributed by atoms with Gasteiger partial charge in [-0.05, 0) is 36.5 Å². The second-order valence-corrected chi connectivity index (χ2v) is 8.38. The van der Waals surface area contributed by atoms with Crippen LogP contribution in [0.25, 0.3) is 0 Å². The third-order valence-electron chi connectivity index (χ3n) is 6.31. The van der Waals surface area contributed by atoms with E-state index in [2.05, 4.69) is 10.7 Å². The van der Waals surface area contributed by atoms with Gasteiger partial charge in [0.1, 0.15) is 12.1 Å². The Morgan fingerprint density at radius 2 is 1.77 bits per heavy atom. The molecule has 2 aromatic rings. The first-order valence-electron chi connectivity index (χ1n) is 10.8. The zero-order valence-corrected chi connectivity index (χ0v) is 17.7. The van der Waals surface area contributed by atoms with E-state index in [0.29, 0.717) is 13.0 Å². The van der Waals surface area contributed by atoms with E-state index >= 15 is 0 Å². The molecule has 1 aliphatic heterocycles. The van der Waals surface area contributed by atoms with E-state index in [0.717, 1.165) is 35.4 Å². The molecule has 0 aromatic heterocycles. The highest BCUT2D eigenvalue weighted by atomic mass is 16.2. The number of hydrazine groups is 1. The van der Waals surface area contributed by atoms with Crippen molar-refractivity contribution in [2.24, 2.45) is 5.92 Å². The molecule has 7 nitrogen and oxygen atoms in total. The smallest absolute Gasteiger partial charge is 0.323 e. The zero-order valence-electron chi connectivity index (χ0n) is 17.7. The number of nitrogens with one attached hydrogen (secondary N) is 2. The van der Waals surface area contributed by atoms with E-state index in [1.165, 1.54) is 0 Å². The van der Waals surface area contributed by atoms with E-state index in [1.54, 1.807) is 5.01 Å². The molecule has 1 saturated carbocycles. The first-order valence-corrected chi connectivity index (χ1v) is 10.8. The third kappa shape index (κ3) is 4.26. The second kappa shape index (κ2) is 8.79. The maximum absolute atomic E-state index is 13.1. The topological polar surface area (TPSA) is 81.8 Å². The predicted octanol–water partition coefficient (Wildman–Crippen LogP) is 3.23. The normalized spacial score (nSPS) is 23.0. The Bertz CT molecular complexity index is 950. The first-order chi connectivity index (χ1) is 15.0. The summed E-state index contributed by atoms with van der Waals surface area (Å²) >= 11 is 0. The van der Waals surface area contributed by atoms with Crippen LogP contribution in [0.5, 0.6) is 0 Å². The standard InChI is InChI=1S/C24H28N4O3/c1-18-10-8-9-15-24(18)22(30)27(23(31)25-24)17-21(29)26-28(20-13-6-3-7-14-20)16-19-11-4-2-5-12-19/h2-7,11-14,18H,8-10,15-17H2,1H3,(H,25,31)(H,26,29). The molecule has 4 amide bonds. The van der Waals surface area contributed by atoms with Crippen molar-refractivity contribution >= 4 is 23.5 Å². The number of carbonyl (C=O) groups is 3. The van der Waals surface area contributed by atoms with Crippen molar-refractivity contribution in [1.82, 2.24) is 15.6 Å². The van der Waals surface area contributed by atoms with Crippen LogP contribution >= 0.6 is 0 Å². The van der Waals surface area contributed by atoms with Gasteiger partial charge in [0.25, 0.3) is 11.8 Å². The summed E-state index contributed by atoms with van der Waals surface area (Å²) in [6.07, 6.45) is 3.47. The summed E-state index contributed by atoms with van der Waals surface area (Å²) in [6.45, 7) is 2.15. The predicted molar refractivity (Wildman–Crippen MR) is 118 cm³/mol. The molecule has 4 rings (SSSR count). The lowest BCUT2D eigenvalue weighted by molar-refractivity contribution is -0.137. The minimum absolute atomic E-state index is 0.0599. The van der Waals surface area contributed by atoms with Gasteiger partial charge in [0.2, 0.25) is 0 Å². The van der Waals surface area contributed by atoms with E-state index in [4.69, 9.17) is 0 Å². The van der Waals surface area contributed by atoms with Gasteiger partial charge in [0, 0.05) is 0 Å². The summed E-state index contributed by atoms with van der Waals surface area (Å²) in [4.78, 5) is 39.7. The Morgan fingerprint density at radius 3 is 2.45 bits per heavy atom. The van der Waals surface area contributed by atoms with Crippen LogP contribution in [0, 0.1) is 5.92 Å². The summed E-state index contributed by atoms with van der Waals surface area (Å²) in [5, 5.41) is 4.62. The van der Waals surface area contributed by atoms with E-state index in [-0.39, 0.29) is 18.4 Å². The Kier molecular flexibility index (Phi) is 5.93. The second-order valence-electron chi connectivity index (χ2n) is 8.38. The van der Waals surface area contributed by atoms with Gasteiger partial charge in [0.05, 0.1) is 12.2 Å². The van der Waals surface area contributed by atoms with Crippen LogP contribution in [0.3, 0.4) is 0 Å². The Balaban J connectivity index is 1.47. The van der Waals surface area contributed by atoms with E-state index in [9.17, 15) is 14.4 Å². The summed E-state index contributed by atoms with van der Waals surface area (Å²) in [7, 11) is 0. The van der Waals surface area contributed by atoms with Crippen molar-refractivity contribution in [2.75, 3.05) is 11.6 Å². The molecule has 2 N–H and O–H groups in total. The maximum Gasteiger partial charge on any atom is 0.325 e. The molecule has 1 spiro atoms. The fourth-order valence-electron chi connectivity index (χ4n) is 4.54. The van der Waals surface area contributed by atoms with Crippen molar-refractivity contribution in [3.63, 3.8) is 0 Å². The number of hydrogen-bond acceptors (Lipinski definition) is 4. The van der Waals surface area contributed by atoms with Crippen LogP contribution in [-0.2, 0) is 16.1 Å². The zero-order chi connectivity index (χ0) is 21.8. The number of hydrogen-bond donors (Lipinski definition) is 2. The molecule has 7 heteroatoms. The molecular formula is C24H28N4O3. The number of imide groups is 1. The molecule has 2 aliphatic rings. The van der Waals surface area contributed by atoms with Crippen molar-refractivity contribution < 1.29 is 14.4 Å². The van der Waals surface area contributed by atoms with Crippen LogP contribution in [0.15, 0.2) is 60.7 Å². The lowest BCUT2D eigenvalue weighted by atomic mass is 9.73. The third-order valence-corrected chi connectivity index (χ3v) is 6.31. The van der Waals surface area contributed by atoms with Crippen LogP contribution in [0.2, 0.25) is 0 Å². The number of anilines is 1. The molecule has 0 radical (unpaired) electrons. The molecule has 2 aromatic carbocycles. The van der Waals surface area contributed by atoms with Crippen molar-refractivity contribution in [3.8, 4) is 0 Å². The van der Waals surface area contributed by atoms with Gasteiger partial charge in [-0.25, -0.2) is 4.79 Å². The monoisotopic (exact) mass is 420 g/mol. The van der Waals surface area contributed by atoms with Crippen LogP contribution in [-0.4, -0.2) is 34.8 Å². The van der Waals surface area contributed by atoms with E-state index < -0.39 is 17.5 Å². The number of carbonyl (C=O) groups excluding carboxylic acids is 3. The summed E-state index contributed by atoms with van der Waals surface area (Å²) in [6, 6.07) is 18.8. The molecule has 2 atom stereocenters. The van der Waals surface area contributed by atoms with Gasteiger partial charge in [-0.15, -0.1) is 0 Å². The minimum atomic E-state index is -0.862. The van der Waals surface area contributed by atoms with Crippen LogP contribution in [0.1, 0.15) is 38.2 Å². The first kappa shape index (κ1) is 20.9. The number of para-hydroxylation sites is 1. The van der Waals surface area contributed by atoms with Gasteiger partial charge in [-0.2, -0.15) is 0 Å². The molecule has 1 saturated heterocycles. The van der Waals surface area contributed by atoms with Gasteiger partial charge >= 0.3 is 6.03 Å². The van der Waals surface area contributed by atoms with Crippen LogP contribution in [0.4, 0.5) is 10.5 Å². The van der Waals surface area contributed by atoms with Gasteiger partial charge in [-0.1, -0.05) is 68.3 Å². The number of nitrogens with zero attached hydrogens (tertiary/aromatic N) is 2. The number of amides is 4. The molecule has 162 valence electrons. The quantitative estimate of drug-likeness (QED) is 0.555. The summed E-state index contributed by atoms with van der Waals surface area (Å²) in [5.41, 5.74) is 3.85. The molecule has 1 aliphatic carbocycles. The number of rotatable bonds is 6. The fraction of sp³-hybridized carbons (Fsp3) is 0.375. The summed E-state index contributed by atoms with van der Waals surface area (Å²) in [5.74, 6) is -0.636. The lowest BCUT2D eigenvalue weighted by Crippen LogP contribution is -2.54. The minimum Gasteiger partial charge on any atom is -0.323 e. The molecular weight excluding hydrogens is 392 g/mol. The number of benzene rings is 2. The fourth-order valence-corrected chi connectivity index (χ4v) is 4.54. The average molecular weight is 421 g/mol. The van der Waals surface area contributed by atoms with Crippen molar-refractivity contribution in [1.29, 1.82) is 0 Å². The van der Waals surface area contributed by atoms with Gasteiger partial charge < -0.3 is 5.32 Å². The van der Waals surface area contributed by atoms with Crippen molar-refractivity contribution in [3.05, 3.63) is 66.2 Å². The lowest BCUT2D eigenvalue weighted by Gasteiger charge is -2.36. The molecule has 2 fully saturated rings. The molecule has 2 unspecified atom stereocenters. The van der Waals surface area contributed by atoms with Gasteiger partial charge in [-0.3, -0.25) is 24.9 Å². The van der Waals surface area contributed by atoms with E-state index in [1.807, 2.05) is 67.6 Å². The SMILES string of the molecule is CC1CCCCC12NC(=O)N(CC(=O)NN(Cc1ccccc1)c1ccccc1)C2=O. The summed E-state index contributed by atoms with van der Waals surface area (Å²) < 4.78 is 0. The van der Waals surface area contributed by atoms with Crippen LogP contribution < -0.4 is 15.8 Å².